The van der Waals surface area contributed by atoms with E-state index in [0.717, 1.165) is 16.7 Å². The van der Waals surface area contributed by atoms with Crippen molar-refractivity contribution in [3.63, 3.8) is 0 Å². The van der Waals surface area contributed by atoms with Crippen molar-refractivity contribution in [3.05, 3.63) is 53.1 Å². The highest BCUT2D eigenvalue weighted by Crippen LogP contribution is 2.53. The van der Waals surface area contributed by atoms with Crippen molar-refractivity contribution in [1.82, 2.24) is 0 Å². The van der Waals surface area contributed by atoms with Gasteiger partial charge in [-0.15, -0.1) is 0 Å². The van der Waals surface area contributed by atoms with Crippen LogP contribution >= 0.6 is 0 Å². The largest absolute Gasteiger partial charge is 0.550 e. The first-order valence-corrected chi connectivity index (χ1v) is 7.84. The minimum atomic E-state index is -1.15. The molecule has 1 saturated carbocycles. The van der Waals surface area contributed by atoms with Crippen LogP contribution in [0.25, 0.3) is 0 Å². The van der Waals surface area contributed by atoms with E-state index in [4.69, 9.17) is 0 Å². The van der Waals surface area contributed by atoms with Crippen molar-refractivity contribution in [2.24, 2.45) is 23.7 Å². The van der Waals surface area contributed by atoms with E-state index in [-0.39, 0.29) is 17.7 Å². The number of carbonyl (C=O) groups excluding carboxylic acids is 2. The molecule has 3 rings (SSSR count). The van der Waals surface area contributed by atoms with Crippen LogP contribution in [-0.2, 0) is 9.59 Å². The van der Waals surface area contributed by atoms with Crippen molar-refractivity contribution in [2.75, 3.05) is 5.32 Å². The van der Waals surface area contributed by atoms with E-state index in [9.17, 15) is 14.7 Å². The number of aliphatic carboxylic acids is 1. The maximum atomic E-state index is 12.7. The van der Waals surface area contributed by atoms with Gasteiger partial charge >= 0.3 is 0 Å². The minimum Gasteiger partial charge on any atom is -0.550 e. The van der Waals surface area contributed by atoms with Crippen LogP contribution in [-0.4, -0.2) is 11.9 Å². The lowest BCUT2D eigenvalue weighted by atomic mass is 9.82. The number of anilines is 1. The van der Waals surface area contributed by atoms with Crippen LogP contribution in [0.2, 0.25) is 0 Å². The van der Waals surface area contributed by atoms with Gasteiger partial charge in [-0.25, -0.2) is 0 Å². The number of benzene rings is 1. The van der Waals surface area contributed by atoms with E-state index in [2.05, 4.69) is 5.32 Å². The number of carboxylic acid groups (broad SMARTS) is 1. The van der Waals surface area contributed by atoms with Gasteiger partial charge in [0.05, 0.1) is 5.92 Å². The molecule has 0 unspecified atom stereocenters. The number of carboxylic acids is 1. The fourth-order valence-electron chi connectivity index (χ4n) is 3.89. The Labute approximate surface area is 135 Å². The van der Waals surface area contributed by atoms with Gasteiger partial charge in [0.15, 0.2) is 0 Å². The molecule has 0 heterocycles. The summed E-state index contributed by atoms with van der Waals surface area (Å²) in [6, 6.07) is 7.47. The van der Waals surface area contributed by atoms with E-state index in [0.29, 0.717) is 5.69 Å². The molecular formula is C19H20NO3-. The number of nitrogens with one attached hydrogen (secondary N) is 1. The molecule has 4 heteroatoms. The van der Waals surface area contributed by atoms with Crippen LogP contribution < -0.4 is 10.4 Å². The maximum Gasteiger partial charge on any atom is 0.229 e. The minimum absolute atomic E-state index is 0.140. The summed E-state index contributed by atoms with van der Waals surface area (Å²) in [4.78, 5) is 24.3. The van der Waals surface area contributed by atoms with Gasteiger partial charge in [-0.3, -0.25) is 4.79 Å². The van der Waals surface area contributed by atoms with Gasteiger partial charge in [0, 0.05) is 29.4 Å². The number of carbonyl (C=O) groups is 2. The van der Waals surface area contributed by atoms with Crippen LogP contribution in [0.1, 0.15) is 19.4 Å². The molecule has 4 atom stereocenters. The van der Waals surface area contributed by atoms with Crippen LogP contribution in [0.3, 0.4) is 0 Å². The summed E-state index contributed by atoms with van der Waals surface area (Å²) >= 11 is 0. The number of amides is 1. The molecule has 0 aromatic heterocycles. The second-order valence-corrected chi connectivity index (χ2v) is 6.62. The summed E-state index contributed by atoms with van der Waals surface area (Å²) in [6.07, 6.45) is 3.87. The first kappa shape index (κ1) is 15.5. The Morgan fingerprint density at radius 1 is 1.00 bits per heavy atom. The SMILES string of the molecule is CC(C)=C1[C@H]2C=C[C@@H]1[C@H](C(=O)Nc1ccc(C)cc1)[C@H]2C(=O)[O-]. The van der Waals surface area contributed by atoms with Crippen LogP contribution in [0.15, 0.2) is 47.6 Å². The summed E-state index contributed by atoms with van der Waals surface area (Å²) in [5, 5.41) is 14.5. The molecule has 0 spiro atoms. The van der Waals surface area contributed by atoms with E-state index in [1.807, 2.05) is 57.2 Å². The standard InChI is InChI=1S/C19H21NO3/c1-10(2)15-13-8-9-14(15)17(19(22)23)16(13)18(21)20-12-6-4-11(3)5-7-12/h4-9,13-14,16-17H,1-3H3,(H,20,21)(H,22,23)/p-1/t13-,14+,16-,17-/m0/s1. The Kier molecular flexibility index (Phi) is 3.84. The van der Waals surface area contributed by atoms with E-state index >= 15 is 0 Å². The molecule has 1 aromatic carbocycles. The number of hydrogen-bond acceptors (Lipinski definition) is 3. The monoisotopic (exact) mass is 310 g/mol. The molecule has 4 nitrogen and oxygen atoms in total. The summed E-state index contributed by atoms with van der Waals surface area (Å²) in [6.45, 7) is 5.91. The third-order valence-electron chi connectivity index (χ3n) is 4.88. The third kappa shape index (κ3) is 2.58. The molecule has 23 heavy (non-hydrogen) atoms. The van der Waals surface area contributed by atoms with Gasteiger partial charge in [0.1, 0.15) is 0 Å². The lowest BCUT2D eigenvalue weighted by Gasteiger charge is -2.27. The molecule has 1 N–H and O–H groups in total. The molecule has 120 valence electrons. The highest BCUT2D eigenvalue weighted by molar-refractivity contribution is 5.97. The molecular weight excluding hydrogens is 290 g/mol. The quantitative estimate of drug-likeness (QED) is 0.869. The highest BCUT2D eigenvalue weighted by atomic mass is 16.4. The van der Waals surface area contributed by atoms with Gasteiger partial charge in [0.25, 0.3) is 0 Å². The first-order chi connectivity index (χ1) is 10.9. The van der Waals surface area contributed by atoms with E-state index < -0.39 is 17.8 Å². The van der Waals surface area contributed by atoms with Crippen molar-refractivity contribution in [1.29, 1.82) is 0 Å². The van der Waals surface area contributed by atoms with E-state index in [1.165, 1.54) is 0 Å². The summed E-state index contributed by atoms with van der Waals surface area (Å²) in [5.74, 6) is -3.16. The highest BCUT2D eigenvalue weighted by Gasteiger charge is 2.52. The third-order valence-corrected chi connectivity index (χ3v) is 4.88. The zero-order valence-corrected chi connectivity index (χ0v) is 13.5. The molecule has 0 radical (unpaired) electrons. The lowest BCUT2D eigenvalue weighted by molar-refractivity contribution is -0.313. The number of hydrogen-bond donors (Lipinski definition) is 1. The van der Waals surface area contributed by atoms with Gasteiger partial charge < -0.3 is 15.2 Å². The van der Waals surface area contributed by atoms with Crippen molar-refractivity contribution in [2.45, 2.75) is 20.8 Å². The first-order valence-electron chi connectivity index (χ1n) is 7.84. The number of aryl methyl sites for hydroxylation is 1. The smallest absolute Gasteiger partial charge is 0.229 e. The second-order valence-electron chi connectivity index (χ2n) is 6.62. The fraction of sp³-hybridized carbons (Fsp3) is 0.368. The fourth-order valence-corrected chi connectivity index (χ4v) is 3.89. The second kappa shape index (κ2) is 5.69. The van der Waals surface area contributed by atoms with Crippen molar-refractivity contribution < 1.29 is 14.7 Å². The average molecular weight is 310 g/mol. The summed E-state index contributed by atoms with van der Waals surface area (Å²) < 4.78 is 0. The lowest BCUT2D eigenvalue weighted by Crippen LogP contribution is -2.42. The molecule has 1 aromatic rings. The topological polar surface area (TPSA) is 69.2 Å². The van der Waals surface area contributed by atoms with Gasteiger partial charge in [-0.1, -0.05) is 41.0 Å². The molecule has 2 aliphatic carbocycles. The molecule has 2 bridgehead atoms. The molecule has 0 aliphatic heterocycles. The van der Waals surface area contributed by atoms with Gasteiger partial charge in [0.2, 0.25) is 5.91 Å². The van der Waals surface area contributed by atoms with Gasteiger partial charge in [-0.05, 0) is 32.9 Å². The van der Waals surface area contributed by atoms with Crippen molar-refractivity contribution >= 4 is 17.6 Å². The summed E-state index contributed by atoms with van der Waals surface area (Å²) in [7, 11) is 0. The molecule has 0 saturated heterocycles. The van der Waals surface area contributed by atoms with Crippen LogP contribution in [0.5, 0.6) is 0 Å². The number of rotatable bonds is 3. The zero-order chi connectivity index (χ0) is 16.7. The van der Waals surface area contributed by atoms with Crippen LogP contribution in [0, 0.1) is 30.6 Å². The summed E-state index contributed by atoms with van der Waals surface area (Å²) in [5.41, 5.74) is 3.93. The predicted octanol–water partition coefficient (Wildman–Crippen LogP) is 2.07. The molecule has 1 amide bonds. The van der Waals surface area contributed by atoms with E-state index in [1.54, 1.807) is 0 Å². The molecule has 1 fully saturated rings. The van der Waals surface area contributed by atoms with Gasteiger partial charge in [-0.2, -0.15) is 0 Å². The average Bonchev–Trinajstić information content (AvgIpc) is 3.05. The zero-order valence-electron chi connectivity index (χ0n) is 13.5. The Morgan fingerprint density at radius 3 is 2.09 bits per heavy atom. The van der Waals surface area contributed by atoms with Crippen molar-refractivity contribution in [3.8, 4) is 0 Å². The Balaban J connectivity index is 1.89. The van der Waals surface area contributed by atoms with Crippen LogP contribution in [0.4, 0.5) is 5.69 Å². The normalized spacial score (nSPS) is 28.0. The molecule has 2 aliphatic rings. The number of fused-ring (bicyclic) bond motifs is 2. The maximum absolute atomic E-state index is 12.7. The Hall–Kier alpha value is -2.36. The Bertz CT molecular complexity index is 711. The Morgan fingerprint density at radius 2 is 1.57 bits per heavy atom. The number of allylic oxidation sites excluding steroid dienone is 4. The predicted molar refractivity (Wildman–Crippen MR) is 86.3 cm³/mol.